The van der Waals surface area contributed by atoms with Gasteiger partial charge in [0.15, 0.2) is 5.76 Å². The van der Waals surface area contributed by atoms with Crippen LogP contribution < -0.4 is 0 Å². The fraction of sp³-hybridized carbons (Fsp3) is 0.267. The smallest absolute Gasteiger partial charge is 0.374 e. The molecule has 0 unspecified atom stereocenters. The number of esters is 1. The van der Waals surface area contributed by atoms with Gasteiger partial charge in [-0.2, -0.15) is 0 Å². The average molecular weight is 276 g/mol. The van der Waals surface area contributed by atoms with Crippen LogP contribution in [0.3, 0.4) is 0 Å². The van der Waals surface area contributed by atoms with Crippen LogP contribution >= 0.6 is 0 Å². The molecule has 106 valence electrons. The standard InChI is InChI=1S/C15H16O5/c1-3-20-15(18)12(16)9-10-13(19-2)14(17)11-7-5-4-6-8-11/h4-8,10H,3,9H2,1-2H3. The van der Waals surface area contributed by atoms with E-state index in [1.165, 1.54) is 13.2 Å². The lowest BCUT2D eigenvalue weighted by Gasteiger charge is -2.05. The molecule has 0 aliphatic heterocycles. The summed E-state index contributed by atoms with van der Waals surface area (Å²) in [7, 11) is 1.33. The minimum absolute atomic E-state index is 0.0221. The van der Waals surface area contributed by atoms with Crippen molar-refractivity contribution in [3.05, 3.63) is 47.7 Å². The molecule has 0 aromatic heterocycles. The molecule has 0 atom stereocenters. The van der Waals surface area contributed by atoms with Gasteiger partial charge >= 0.3 is 5.97 Å². The van der Waals surface area contributed by atoms with Crippen molar-refractivity contribution in [1.29, 1.82) is 0 Å². The van der Waals surface area contributed by atoms with Crippen molar-refractivity contribution in [3.63, 3.8) is 0 Å². The van der Waals surface area contributed by atoms with Crippen LogP contribution in [0.1, 0.15) is 23.7 Å². The number of Topliss-reactive ketones (excluding diaryl/α,β-unsaturated/α-hetero) is 2. The van der Waals surface area contributed by atoms with Crippen molar-refractivity contribution in [2.75, 3.05) is 13.7 Å². The summed E-state index contributed by atoms with van der Waals surface area (Å²) in [5.41, 5.74) is 0.448. The van der Waals surface area contributed by atoms with E-state index in [9.17, 15) is 14.4 Å². The Bertz CT molecular complexity index is 516. The topological polar surface area (TPSA) is 69.7 Å². The van der Waals surface area contributed by atoms with Gasteiger partial charge in [-0.25, -0.2) is 4.79 Å². The molecule has 0 spiro atoms. The molecule has 0 saturated heterocycles. The molecule has 0 heterocycles. The second-order valence-corrected chi connectivity index (χ2v) is 3.82. The van der Waals surface area contributed by atoms with Crippen molar-refractivity contribution in [2.24, 2.45) is 0 Å². The highest BCUT2D eigenvalue weighted by Crippen LogP contribution is 2.10. The van der Waals surface area contributed by atoms with Crippen LogP contribution in [0.5, 0.6) is 0 Å². The molecule has 0 aliphatic rings. The molecule has 0 N–H and O–H groups in total. The number of allylic oxidation sites excluding steroid dienone is 2. The van der Waals surface area contributed by atoms with E-state index in [2.05, 4.69) is 4.74 Å². The van der Waals surface area contributed by atoms with Crippen LogP contribution in [0.15, 0.2) is 42.2 Å². The van der Waals surface area contributed by atoms with Crippen molar-refractivity contribution in [3.8, 4) is 0 Å². The molecule has 0 radical (unpaired) electrons. The molecule has 1 aromatic rings. The van der Waals surface area contributed by atoms with Gasteiger partial charge in [-0.05, 0) is 13.0 Å². The fourth-order valence-electron chi connectivity index (χ4n) is 1.48. The summed E-state index contributed by atoms with van der Waals surface area (Å²) in [5.74, 6) is -1.95. The van der Waals surface area contributed by atoms with E-state index in [-0.39, 0.29) is 24.6 Å². The zero-order valence-corrected chi connectivity index (χ0v) is 11.4. The summed E-state index contributed by atoms with van der Waals surface area (Å²) in [6.07, 6.45) is 1.05. The molecule has 0 amide bonds. The van der Waals surface area contributed by atoms with Crippen molar-refractivity contribution in [2.45, 2.75) is 13.3 Å². The number of carbonyl (C=O) groups is 3. The summed E-state index contributed by atoms with van der Waals surface area (Å²) in [5, 5.41) is 0. The first-order chi connectivity index (χ1) is 9.60. The predicted molar refractivity (Wildman–Crippen MR) is 72.1 cm³/mol. The monoisotopic (exact) mass is 276 g/mol. The third-order valence-electron chi connectivity index (χ3n) is 2.46. The van der Waals surface area contributed by atoms with Gasteiger partial charge in [0.05, 0.1) is 13.7 Å². The summed E-state index contributed by atoms with van der Waals surface area (Å²) < 4.78 is 9.54. The predicted octanol–water partition coefficient (Wildman–Crippen LogP) is 1.92. The van der Waals surface area contributed by atoms with Crippen LogP contribution in [-0.2, 0) is 19.1 Å². The van der Waals surface area contributed by atoms with Crippen molar-refractivity contribution in [1.82, 2.24) is 0 Å². The third kappa shape index (κ3) is 4.35. The Labute approximate surface area is 117 Å². The molecule has 20 heavy (non-hydrogen) atoms. The Morgan fingerprint density at radius 3 is 2.35 bits per heavy atom. The molecule has 1 aromatic carbocycles. The quantitative estimate of drug-likeness (QED) is 0.250. The number of methoxy groups -OCH3 is 1. The van der Waals surface area contributed by atoms with Gasteiger partial charge in [0.25, 0.3) is 0 Å². The normalized spacial score (nSPS) is 10.8. The minimum Gasteiger partial charge on any atom is -0.493 e. The maximum absolute atomic E-state index is 12.1. The van der Waals surface area contributed by atoms with Gasteiger partial charge in [-0.15, -0.1) is 0 Å². The van der Waals surface area contributed by atoms with Crippen LogP contribution in [0, 0.1) is 0 Å². The highest BCUT2D eigenvalue weighted by atomic mass is 16.5. The van der Waals surface area contributed by atoms with E-state index in [1.807, 2.05) is 0 Å². The summed E-state index contributed by atoms with van der Waals surface area (Å²) in [4.78, 5) is 34.6. The zero-order chi connectivity index (χ0) is 15.0. The van der Waals surface area contributed by atoms with Crippen molar-refractivity contribution >= 4 is 17.5 Å². The van der Waals surface area contributed by atoms with Crippen molar-refractivity contribution < 1.29 is 23.9 Å². The van der Waals surface area contributed by atoms with Gasteiger partial charge in [-0.1, -0.05) is 30.3 Å². The van der Waals surface area contributed by atoms with E-state index < -0.39 is 11.8 Å². The van der Waals surface area contributed by atoms with E-state index in [1.54, 1.807) is 37.3 Å². The van der Waals surface area contributed by atoms with Gasteiger partial charge in [-0.3, -0.25) is 9.59 Å². The number of ether oxygens (including phenoxy) is 2. The fourth-order valence-corrected chi connectivity index (χ4v) is 1.48. The molecule has 5 heteroatoms. The number of rotatable bonds is 7. The van der Waals surface area contributed by atoms with Gasteiger partial charge in [0.1, 0.15) is 0 Å². The van der Waals surface area contributed by atoms with Crippen LogP contribution in [0.25, 0.3) is 0 Å². The number of carbonyl (C=O) groups excluding carboxylic acids is 3. The summed E-state index contributed by atoms with van der Waals surface area (Å²) in [6, 6.07) is 8.52. The van der Waals surface area contributed by atoms with E-state index in [0.717, 1.165) is 0 Å². The molecule has 1 rings (SSSR count). The van der Waals surface area contributed by atoms with E-state index >= 15 is 0 Å². The molecule has 0 bridgehead atoms. The Hall–Kier alpha value is -2.43. The first-order valence-corrected chi connectivity index (χ1v) is 6.14. The lowest BCUT2D eigenvalue weighted by Crippen LogP contribution is -2.17. The van der Waals surface area contributed by atoms with E-state index in [0.29, 0.717) is 5.56 Å². The lowest BCUT2D eigenvalue weighted by molar-refractivity contribution is -0.153. The molecule has 5 nitrogen and oxygen atoms in total. The number of ketones is 2. The van der Waals surface area contributed by atoms with Gasteiger partial charge < -0.3 is 9.47 Å². The highest BCUT2D eigenvalue weighted by molar-refractivity contribution is 6.34. The Morgan fingerprint density at radius 1 is 1.15 bits per heavy atom. The maximum atomic E-state index is 12.1. The molecule has 0 fully saturated rings. The first-order valence-electron chi connectivity index (χ1n) is 6.14. The van der Waals surface area contributed by atoms with Crippen LogP contribution in [0.2, 0.25) is 0 Å². The third-order valence-corrected chi connectivity index (χ3v) is 2.46. The largest absolute Gasteiger partial charge is 0.493 e. The van der Waals surface area contributed by atoms with Crippen LogP contribution in [-0.4, -0.2) is 31.3 Å². The summed E-state index contributed by atoms with van der Waals surface area (Å²) >= 11 is 0. The molecular weight excluding hydrogens is 260 g/mol. The molecule has 0 saturated carbocycles. The maximum Gasteiger partial charge on any atom is 0.374 e. The number of benzene rings is 1. The Kier molecular flexibility index (Phi) is 6.16. The zero-order valence-electron chi connectivity index (χ0n) is 11.4. The highest BCUT2D eigenvalue weighted by Gasteiger charge is 2.16. The second kappa shape index (κ2) is 7.89. The number of hydrogen-bond donors (Lipinski definition) is 0. The summed E-state index contributed by atoms with van der Waals surface area (Å²) in [6.45, 7) is 1.74. The SMILES string of the molecule is CCOC(=O)C(=O)CC=C(OC)C(=O)c1ccccc1. The van der Waals surface area contributed by atoms with Crippen LogP contribution in [0.4, 0.5) is 0 Å². The molecule has 0 aliphatic carbocycles. The Morgan fingerprint density at radius 2 is 1.80 bits per heavy atom. The number of hydrogen-bond acceptors (Lipinski definition) is 5. The molecular formula is C15H16O5. The average Bonchev–Trinajstić information content (AvgIpc) is 2.48. The van der Waals surface area contributed by atoms with Gasteiger partial charge in [0, 0.05) is 12.0 Å². The second-order valence-electron chi connectivity index (χ2n) is 3.82. The Balaban J connectivity index is 2.76. The minimum atomic E-state index is -0.911. The van der Waals surface area contributed by atoms with Gasteiger partial charge in [0.2, 0.25) is 11.6 Å². The first kappa shape index (κ1) is 15.6. The lowest BCUT2D eigenvalue weighted by atomic mass is 10.1. The van der Waals surface area contributed by atoms with E-state index in [4.69, 9.17) is 4.74 Å².